The van der Waals surface area contributed by atoms with Gasteiger partial charge in [-0.1, -0.05) is 53.5 Å². The SMILES string of the molecule is NC(Cc1ccccc1)Cc1cc(Cl)ccc1Cl. The molecule has 0 aliphatic carbocycles. The highest BCUT2D eigenvalue weighted by atomic mass is 35.5. The van der Waals surface area contributed by atoms with E-state index in [4.69, 9.17) is 28.9 Å². The molecule has 2 aromatic rings. The number of halogens is 2. The van der Waals surface area contributed by atoms with Crippen LogP contribution in [0, 0.1) is 0 Å². The van der Waals surface area contributed by atoms with Crippen LogP contribution in [0.2, 0.25) is 10.0 Å². The van der Waals surface area contributed by atoms with E-state index >= 15 is 0 Å². The largest absolute Gasteiger partial charge is 0.327 e. The molecule has 0 heterocycles. The highest BCUT2D eigenvalue weighted by Gasteiger charge is 2.08. The van der Waals surface area contributed by atoms with Crippen molar-refractivity contribution in [2.45, 2.75) is 18.9 Å². The predicted molar refractivity (Wildman–Crippen MR) is 78.3 cm³/mol. The Labute approximate surface area is 118 Å². The van der Waals surface area contributed by atoms with Crippen LogP contribution in [0.5, 0.6) is 0 Å². The van der Waals surface area contributed by atoms with Crippen molar-refractivity contribution in [2.75, 3.05) is 0 Å². The van der Waals surface area contributed by atoms with Crippen LogP contribution in [0.15, 0.2) is 48.5 Å². The Morgan fingerprint density at radius 2 is 1.67 bits per heavy atom. The van der Waals surface area contributed by atoms with Crippen molar-refractivity contribution < 1.29 is 0 Å². The second kappa shape index (κ2) is 6.24. The van der Waals surface area contributed by atoms with Gasteiger partial charge in [0.05, 0.1) is 0 Å². The minimum absolute atomic E-state index is 0.0448. The van der Waals surface area contributed by atoms with Gasteiger partial charge in [0.15, 0.2) is 0 Å². The van der Waals surface area contributed by atoms with Crippen LogP contribution in [-0.2, 0) is 12.8 Å². The molecule has 0 spiro atoms. The first-order valence-corrected chi connectivity index (χ1v) is 6.64. The summed E-state index contributed by atoms with van der Waals surface area (Å²) in [5, 5.41) is 1.42. The average Bonchev–Trinajstić information content (AvgIpc) is 2.35. The van der Waals surface area contributed by atoms with E-state index in [0.29, 0.717) is 5.02 Å². The maximum atomic E-state index is 6.15. The molecular formula is C15H15Cl2N. The van der Waals surface area contributed by atoms with Gasteiger partial charge in [-0.15, -0.1) is 0 Å². The van der Waals surface area contributed by atoms with Gasteiger partial charge in [0.1, 0.15) is 0 Å². The van der Waals surface area contributed by atoms with E-state index in [9.17, 15) is 0 Å². The molecule has 0 saturated heterocycles. The van der Waals surface area contributed by atoms with Gasteiger partial charge in [-0.05, 0) is 42.2 Å². The van der Waals surface area contributed by atoms with E-state index in [1.807, 2.05) is 30.3 Å². The smallest absolute Gasteiger partial charge is 0.0439 e. The van der Waals surface area contributed by atoms with Gasteiger partial charge in [0.25, 0.3) is 0 Å². The van der Waals surface area contributed by atoms with Crippen molar-refractivity contribution in [3.63, 3.8) is 0 Å². The summed E-state index contributed by atoms with van der Waals surface area (Å²) >= 11 is 12.1. The monoisotopic (exact) mass is 279 g/mol. The van der Waals surface area contributed by atoms with E-state index in [1.165, 1.54) is 5.56 Å². The Balaban J connectivity index is 2.03. The summed E-state index contributed by atoms with van der Waals surface area (Å²) in [5.74, 6) is 0. The van der Waals surface area contributed by atoms with Crippen molar-refractivity contribution in [3.05, 3.63) is 69.7 Å². The van der Waals surface area contributed by atoms with Gasteiger partial charge in [-0.2, -0.15) is 0 Å². The summed E-state index contributed by atoms with van der Waals surface area (Å²) in [6, 6.07) is 15.7. The van der Waals surface area contributed by atoms with E-state index < -0.39 is 0 Å². The van der Waals surface area contributed by atoms with Crippen molar-refractivity contribution in [1.82, 2.24) is 0 Å². The highest BCUT2D eigenvalue weighted by Crippen LogP contribution is 2.22. The molecule has 18 heavy (non-hydrogen) atoms. The molecule has 1 atom stereocenters. The van der Waals surface area contributed by atoms with Crippen LogP contribution in [0.1, 0.15) is 11.1 Å². The van der Waals surface area contributed by atoms with Crippen LogP contribution in [0.25, 0.3) is 0 Å². The number of rotatable bonds is 4. The zero-order valence-corrected chi connectivity index (χ0v) is 11.5. The van der Waals surface area contributed by atoms with Crippen LogP contribution in [0.3, 0.4) is 0 Å². The van der Waals surface area contributed by atoms with E-state index in [1.54, 1.807) is 6.07 Å². The van der Waals surface area contributed by atoms with E-state index in [-0.39, 0.29) is 6.04 Å². The second-order valence-corrected chi connectivity index (χ2v) is 5.23. The molecule has 0 amide bonds. The summed E-state index contributed by atoms with van der Waals surface area (Å²) in [5.41, 5.74) is 8.40. The third-order valence-corrected chi connectivity index (χ3v) is 3.43. The number of benzene rings is 2. The molecule has 1 unspecified atom stereocenters. The summed E-state index contributed by atoms with van der Waals surface area (Å²) in [4.78, 5) is 0. The molecule has 2 N–H and O–H groups in total. The number of hydrogen-bond acceptors (Lipinski definition) is 1. The number of nitrogens with two attached hydrogens (primary N) is 1. The maximum absolute atomic E-state index is 6.15. The van der Waals surface area contributed by atoms with Crippen LogP contribution in [0.4, 0.5) is 0 Å². The van der Waals surface area contributed by atoms with Gasteiger partial charge in [0.2, 0.25) is 0 Å². The fraction of sp³-hybridized carbons (Fsp3) is 0.200. The van der Waals surface area contributed by atoms with Gasteiger partial charge in [-0.25, -0.2) is 0 Å². The minimum atomic E-state index is 0.0448. The highest BCUT2D eigenvalue weighted by molar-refractivity contribution is 6.33. The lowest BCUT2D eigenvalue weighted by Gasteiger charge is -2.13. The van der Waals surface area contributed by atoms with Gasteiger partial charge >= 0.3 is 0 Å². The van der Waals surface area contributed by atoms with Crippen LogP contribution < -0.4 is 5.73 Å². The van der Waals surface area contributed by atoms with E-state index in [0.717, 1.165) is 23.4 Å². The fourth-order valence-electron chi connectivity index (χ4n) is 1.97. The molecule has 0 aliphatic heterocycles. The first-order valence-electron chi connectivity index (χ1n) is 5.88. The van der Waals surface area contributed by atoms with Crippen molar-refractivity contribution in [1.29, 1.82) is 0 Å². The molecule has 3 heteroatoms. The molecule has 0 bridgehead atoms. The Morgan fingerprint density at radius 1 is 0.944 bits per heavy atom. The van der Waals surface area contributed by atoms with Crippen molar-refractivity contribution >= 4 is 23.2 Å². The molecule has 94 valence electrons. The summed E-state index contributed by atoms with van der Waals surface area (Å²) in [7, 11) is 0. The lowest BCUT2D eigenvalue weighted by Crippen LogP contribution is -2.25. The molecule has 1 nitrogen and oxygen atoms in total. The van der Waals surface area contributed by atoms with Crippen molar-refractivity contribution in [2.24, 2.45) is 5.73 Å². The molecule has 0 fully saturated rings. The third-order valence-electron chi connectivity index (χ3n) is 2.83. The Bertz CT molecular complexity index is 511. The predicted octanol–water partition coefficient (Wildman–Crippen LogP) is 4.11. The topological polar surface area (TPSA) is 26.0 Å². The third kappa shape index (κ3) is 3.74. The average molecular weight is 280 g/mol. The standard InChI is InChI=1S/C15H15Cl2N/c16-13-6-7-15(17)12(9-13)10-14(18)8-11-4-2-1-3-5-11/h1-7,9,14H,8,10,18H2. The summed E-state index contributed by atoms with van der Waals surface area (Å²) in [6.45, 7) is 0. The van der Waals surface area contributed by atoms with Crippen LogP contribution in [-0.4, -0.2) is 6.04 Å². The molecule has 0 aromatic heterocycles. The zero-order chi connectivity index (χ0) is 13.0. The molecule has 2 rings (SSSR count). The quantitative estimate of drug-likeness (QED) is 0.896. The first kappa shape index (κ1) is 13.4. The lowest BCUT2D eigenvalue weighted by molar-refractivity contribution is 0.665. The zero-order valence-electron chi connectivity index (χ0n) is 9.94. The summed E-state index contributed by atoms with van der Waals surface area (Å²) in [6.07, 6.45) is 1.57. The summed E-state index contributed by atoms with van der Waals surface area (Å²) < 4.78 is 0. The lowest BCUT2D eigenvalue weighted by atomic mass is 10.00. The molecular weight excluding hydrogens is 265 g/mol. The van der Waals surface area contributed by atoms with Crippen molar-refractivity contribution in [3.8, 4) is 0 Å². The van der Waals surface area contributed by atoms with E-state index in [2.05, 4.69) is 12.1 Å². The molecule has 0 radical (unpaired) electrons. The van der Waals surface area contributed by atoms with Gasteiger partial charge < -0.3 is 5.73 Å². The first-order chi connectivity index (χ1) is 8.65. The fourth-order valence-corrected chi connectivity index (χ4v) is 2.36. The second-order valence-electron chi connectivity index (χ2n) is 4.39. The maximum Gasteiger partial charge on any atom is 0.0439 e. The minimum Gasteiger partial charge on any atom is -0.327 e. The Kier molecular flexibility index (Phi) is 4.65. The number of hydrogen-bond donors (Lipinski definition) is 1. The Hall–Kier alpha value is -1.02. The molecule has 2 aromatic carbocycles. The van der Waals surface area contributed by atoms with Gasteiger partial charge in [0, 0.05) is 16.1 Å². The molecule has 0 saturated carbocycles. The van der Waals surface area contributed by atoms with Gasteiger partial charge in [-0.3, -0.25) is 0 Å². The Morgan fingerprint density at radius 3 is 2.39 bits per heavy atom. The van der Waals surface area contributed by atoms with Crippen LogP contribution >= 0.6 is 23.2 Å². The molecule has 0 aliphatic rings. The normalized spacial score (nSPS) is 12.4.